The lowest BCUT2D eigenvalue weighted by molar-refractivity contribution is -0.527. The van der Waals surface area contributed by atoms with Crippen LogP contribution in [0, 0.1) is 0 Å². The fourth-order valence-corrected chi connectivity index (χ4v) is 3.96. The smallest absolute Gasteiger partial charge is 0.227 e. The van der Waals surface area contributed by atoms with Crippen molar-refractivity contribution in [3.63, 3.8) is 0 Å². The summed E-state index contributed by atoms with van der Waals surface area (Å²) in [5.74, 6) is 5.11. The molecule has 0 bridgehead atoms. The second-order valence-electron chi connectivity index (χ2n) is 8.01. The number of methoxy groups -OCH3 is 2. The van der Waals surface area contributed by atoms with Crippen LogP contribution in [0.15, 0.2) is 46.4 Å². The average molecular weight is 455 g/mol. The van der Waals surface area contributed by atoms with Crippen molar-refractivity contribution < 1.29 is 29.6 Å². The van der Waals surface area contributed by atoms with Crippen molar-refractivity contribution in [2.24, 2.45) is 9.98 Å². The van der Waals surface area contributed by atoms with E-state index in [4.69, 9.17) is 18.9 Å². The Hall–Kier alpha value is -3.10. The van der Waals surface area contributed by atoms with Crippen LogP contribution in [0.2, 0.25) is 0 Å². The van der Waals surface area contributed by atoms with Gasteiger partial charge in [0.1, 0.15) is 13.1 Å². The first kappa shape index (κ1) is 23.1. The van der Waals surface area contributed by atoms with E-state index < -0.39 is 0 Å². The van der Waals surface area contributed by atoms with Gasteiger partial charge in [-0.2, -0.15) is 0 Å². The highest BCUT2D eigenvalue weighted by Gasteiger charge is 2.17. The van der Waals surface area contributed by atoms with Gasteiger partial charge in [0.25, 0.3) is 0 Å². The van der Waals surface area contributed by atoms with Crippen LogP contribution in [0.25, 0.3) is 0 Å². The van der Waals surface area contributed by atoms with Crippen LogP contribution >= 0.6 is 0 Å². The van der Waals surface area contributed by atoms with Crippen molar-refractivity contribution in [1.82, 2.24) is 0 Å². The third kappa shape index (κ3) is 6.03. The standard InChI is InChI=1S/C25H32N4O4/c1-30-22-16-18(24-26-10-11-27-24)6-8-20(22)32-14-4-3-5-15-33-21-9-7-19(17-23(21)31-2)25-28-12-13-29-25/h6-9,16-17H,3-5,10-15H2,1-2H3,(H,26,27)(H,28,29)/p+2. The molecule has 0 radical (unpaired) electrons. The van der Waals surface area contributed by atoms with E-state index in [1.54, 1.807) is 14.2 Å². The molecule has 2 aromatic carbocycles. The summed E-state index contributed by atoms with van der Waals surface area (Å²) in [6, 6.07) is 12.0. The van der Waals surface area contributed by atoms with Gasteiger partial charge >= 0.3 is 0 Å². The molecule has 176 valence electrons. The number of hydrogen-bond donors (Lipinski definition) is 2. The Kier molecular flexibility index (Phi) is 8.16. The maximum atomic E-state index is 5.96. The topological polar surface area (TPSA) is 94.9 Å². The first-order valence-electron chi connectivity index (χ1n) is 11.7. The summed E-state index contributed by atoms with van der Waals surface area (Å²) in [7, 11) is 3.34. The molecule has 2 aliphatic rings. The minimum absolute atomic E-state index is 0.638. The zero-order chi connectivity index (χ0) is 22.9. The highest BCUT2D eigenvalue weighted by molar-refractivity contribution is 5.93. The zero-order valence-electron chi connectivity index (χ0n) is 19.5. The SMILES string of the molecule is COc1cc(C2=NCC[NH2+]2)ccc1OCCCCCOc1ccc(C2=NCC[NH2+]2)cc1OC. The Morgan fingerprint density at radius 1 is 0.667 bits per heavy atom. The van der Waals surface area contributed by atoms with Crippen LogP contribution in [-0.4, -0.2) is 65.3 Å². The number of benzene rings is 2. The molecule has 0 amide bonds. The van der Waals surface area contributed by atoms with Crippen LogP contribution in [0.4, 0.5) is 0 Å². The number of unbranched alkanes of at least 4 members (excludes halogenated alkanes) is 2. The molecular formula is C25H34N4O4+2. The van der Waals surface area contributed by atoms with E-state index in [2.05, 4.69) is 20.6 Å². The second-order valence-corrected chi connectivity index (χ2v) is 8.01. The van der Waals surface area contributed by atoms with Gasteiger partial charge in [0.05, 0.1) is 51.6 Å². The third-order valence-electron chi connectivity index (χ3n) is 5.72. The van der Waals surface area contributed by atoms with E-state index in [1.165, 1.54) is 0 Å². The van der Waals surface area contributed by atoms with Crippen molar-refractivity contribution in [2.45, 2.75) is 19.3 Å². The number of nitrogens with zero attached hydrogens (tertiary/aromatic N) is 2. The van der Waals surface area contributed by atoms with Crippen LogP contribution in [0.5, 0.6) is 23.0 Å². The maximum absolute atomic E-state index is 5.96. The summed E-state index contributed by atoms with van der Waals surface area (Å²) in [5, 5.41) is 4.31. The van der Waals surface area contributed by atoms with Gasteiger partial charge in [-0.05, 0) is 55.7 Å². The Balaban J connectivity index is 1.18. The van der Waals surface area contributed by atoms with Gasteiger partial charge in [-0.15, -0.1) is 0 Å². The van der Waals surface area contributed by atoms with Crippen LogP contribution < -0.4 is 29.6 Å². The molecule has 0 spiro atoms. The molecule has 0 aliphatic carbocycles. The van der Waals surface area contributed by atoms with Gasteiger partial charge in [0, 0.05) is 0 Å². The lowest BCUT2D eigenvalue weighted by atomic mass is 10.2. The molecule has 2 aromatic rings. The van der Waals surface area contributed by atoms with E-state index in [0.717, 1.165) is 91.2 Å². The predicted octanol–water partition coefficient (Wildman–Crippen LogP) is 0.979. The Bertz CT molecular complexity index is 926. The average Bonchev–Trinajstić information content (AvgIpc) is 3.58. The van der Waals surface area contributed by atoms with Crippen molar-refractivity contribution in [2.75, 3.05) is 53.6 Å². The number of amidine groups is 2. The summed E-state index contributed by atoms with van der Waals surface area (Å²) in [4.78, 5) is 9.02. The van der Waals surface area contributed by atoms with E-state index in [0.29, 0.717) is 13.2 Å². The summed E-state index contributed by atoms with van der Waals surface area (Å²) < 4.78 is 23.0. The van der Waals surface area contributed by atoms with Gasteiger partial charge in [-0.25, -0.2) is 9.98 Å². The summed E-state index contributed by atoms with van der Waals surface area (Å²) in [6.07, 6.45) is 2.90. The molecule has 0 fully saturated rings. The molecule has 4 N–H and O–H groups in total. The molecule has 0 unspecified atom stereocenters. The first-order valence-corrected chi connectivity index (χ1v) is 11.7. The van der Waals surface area contributed by atoms with Crippen LogP contribution in [0.1, 0.15) is 30.4 Å². The summed E-state index contributed by atoms with van der Waals surface area (Å²) in [5.41, 5.74) is 2.15. The van der Waals surface area contributed by atoms with E-state index in [-0.39, 0.29) is 0 Å². The minimum Gasteiger partial charge on any atom is -0.493 e. The zero-order valence-corrected chi connectivity index (χ0v) is 19.5. The molecule has 33 heavy (non-hydrogen) atoms. The summed E-state index contributed by atoms with van der Waals surface area (Å²) in [6.45, 7) is 5.02. The summed E-state index contributed by atoms with van der Waals surface area (Å²) >= 11 is 0. The molecular weight excluding hydrogens is 420 g/mol. The van der Waals surface area contributed by atoms with Gasteiger partial charge in [-0.3, -0.25) is 10.6 Å². The third-order valence-corrected chi connectivity index (χ3v) is 5.72. The van der Waals surface area contributed by atoms with Gasteiger partial charge in [0.2, 0.25) is 11.7 Å². The normalized spacial score (nSPS) is 15.2. The lowest BCUT2D eigenvalue weighted by Gasteiger charge is -2.13. The lowest BCUT2D eigenvalue weighted by Crippen LogP contribution is -2.86. The molecule has 0 aromatic heterocycles. The van der Waals surface area contributed by atoms with Crippen molar-refractivity contribution in [1.29, 1.82) is 0 Å². The van der Waals surface area contributed by atoms with E-state index in [9.17, 15) is 0 Å². The quantitative estimate of drug-likeness (QED) is 0.468. The highest BCUT2D eigenvalue weighted by Crippen LogP contribution is 2.29. The fraction of sp³-hybridized carbons (Fsp3) is 0.440. The number of quaternary nitrogens is 2. The van der Waals surface area contributed by atoms with E-state index in [1.807, 2.05) is 36.4 Å². The van der Waals surface area contributed by atoms with Crippen molar-refractivity contribution >= 4 is 11.7 Å². The van der Waals surface area contributed by atoms with E-state index >= 15 is 0 Å². The molecule has 0 saturated heterocycles. The number of ether oxygens (including phenoxy) is 4. The number of rotatable bonds is 12. The molecule has 0 saturated carbocycles. The Morgan fingerprint density at radius 3 is 1.55 bits per heavy atom. The first-order chi connectivity index (χ1) is 16.3. The van der Waals surface area contributed by atoms with Gasteiger partial charge in [0.15, 0.2) is 23.0 Å². The molecule has 8 heteroatoms. The number of nitrogens with two attached hydrogens (primary N) is 2. The number of aliphatic imine (C=N–C) groups is 2. The molecule has 8 nitrogen and oxygen atoms in total. The van der Waals surface area contributed by atoms with Crippen LogP contribution in [0.3, 0.4) is 0 Å². The second kappa shape index (κ2) is 11.7. The predicted molar refractivity (Wildman–Crippen MR) is 127 cm³/mol. The van der Waals surface area contributed by atoms with Gasteiger partial charge in [-0.1, -0.05) is 0 Å². The van der Waals surface area contributed by atoms with Crippen LogP contribution in [-0.2, 0) is 0 Å². The van der Waals surface area contributed by atoms with Crippen molar-refractivity contribution in [3.05, 3.63) is 47.5 Å². The minimum atomic E-state index is 0.638. The van der Waals surface area contributed by atoms with Crippen molar-refractivity contribution in [3.8, 4) is 23.0 Å². The molecule has 0 atom stereocenters. The molecule has 4 rings (SSSR count). The Labute approximate surface area is 195 Å². The number of hydrogen-bond acceptors (Lipinski definition) is 6. The molecule has 2 aliphatic heterocycles. The van der Waals surface area contributed by atoms with Gasteiger partial charge < -0.3 is 18.9 Å². The fourth-order valence-electron chi connectivity index (χ4n) is 3.96. The maximum Gasteiger partial charge on any atom is 0.227 e. The highest BCUT2D eigenvalue weighted by atomic mass is 16.5. The monoisotopic (exact) mass is 454 g/mol. The largest absolute Gasteiger partial charge is 0.493 e. The Morgan fingerprint density at radius 2 is 1.15 bits per heavy atom. The molecule has 2 heterocycles.